The molecule has 0 saturated heterocycles. The highest BCUT2D eigenvalue weighted by atomic mass is 14.2. The van der Waals surface area contributed by atoms with Crippen LogP contribution in [0.5, 0.6) is 0 Å². The van der Waals surface area contributed by atoms with E-state index in [1.807, 2.05) is 0 Å². The molecule has 0 spiro atoms. The highest BCUT2D eigenvalue weighted by Crippen LogP contribution is 2.26. The van der Waals surface area contributed by atoms with E-state index < -0.39 is 0 Å². The predicted molar refractivity (Wildman–Crippen MR) is 91.8 cm³/mol. The van der Waals surface area contributed by atoms with Crippen LogP contribution in [-0.4, -0.2) is 6.71 Å². The van der Waals surface area contributed by atoms with Gasteiger partial charge in [-0.3, -0.25) is 0 Å². The Morgan fingerprint density at radius 1 is 0.800 bits per heavy atom. The standard InChI is InChI=1S/C19H25B/c1-9-20(10-2)19-17(14(5)6)11-16(13(3)4)12-18(19)15(7)8/h1-2,11-15H,3-8H3. The summed E-state index contributed by atoms with van der Waals surface area (Å²) >= 11 is 0. The van der Waals surface area contributed by atoms with Crippen molar-refractivity contribution in [1.82, 2.24) is 0 Å². The Hall–Kier alpha value is -1.60. The van der Waals surface area contributed by atoms with Crippen LogP contribution in [0.1, 0.15) is 76.0 Å². The maximum Gasteiger partial charge on any atom is 0.346 e. The zero-order chi connectivity index (χ0) is 15.4. The second-order valence-corrected chi connectivity index (χ2v) is 6.34. The number of terminal acetylenes is 2. The lowest BCUT2D eigenvalue weighted by Crippen LogP contribution is -2.35. The van der Waals surface area contributed by atoms with Crippen LogP contribution >= 0.6 is 0 Å². The topological polar surface area (TPSA) is 0 Å². The Labute approximate surface area is 125 Å². The monoisotopic (exact) mass is 264 g/mol. The van der Waals surface area contributed by atoms with E-state index in [0.29, 0.717) is 17.8 Å². The molecule has 20 heavy (non-hydrogen) atoms. The van der Waals surface area contributed by atoms with Gasteiger partial charge in [0.1, 0.15) is 0 Å². The molecule has 0 radical (unpaired) electrons. The first kappa shape index (κ1) is 16.5. The highest BCUT2D eigenvalue weighted by Gasteiger charge is 2.24. The van der Waals surface area contributed by atoms with Crippen molar-refractivity contribution in [2.75, 3.05) is 0 Å². The van der Waals surface area contributed by atoms with Crippen LogP contribution in [0.3, 0.4) is 0 Å². The first-order chi connectivity index (χ1) is 9.33. The summed E-state index contributed by atoms with van der Waals surface area (Å²) in [6, 6.07) is 4.58. The number of benzene rings is 1. The second-order valence-electron chi connectivity index (χ2n) is 6.34. The lowest BCUT2D eigenvalue weighted by atomic mass is 9.43. The van der Waals surface area contributed by atoms with Crippen molar-refractivity contribution in [2.45, 2.75) is 59.3 Å². The molecule has 1 heteroatoms. The predicted octanol–water partition coefficient (Wildman–Crippen LogP) is 4.10. The summed E-state index contributed by atoms with van der Waals surface area (Å²) in [7, 11) is 0. The first-order valence-electron chi connectivity index (χ1n) is 7.43. The Morgan fingerprint density at radius 3 is 1.45 bits per heavy atom. The average molecular weight is 264 g/mol. The van der Waals surface area contributed by atoms with E-state index in [0.717, 1.165) is 0 Å². The van der Waals surface area contributed by atoms with Crippen molar-refractivity contribution in [3.8, 4) is 24.5 Å². The molecule has 0 fully saturated rings. The molecular formula is C19H25B. The molecule has 0 heterocycles. The summed E-state index contributed by atoms with van der Waals surface area (Å²) in [4.78, 5) is 0. The maximum atomic E-state index is 5.66. The average Bonchev–Trinajstić information content (AvgIpc) is 2.39. The smallest absolute Gasteiger partial charge is 0.134 e. The second kappa shape index (κ2) is 6.72. The zero-order valence-corrected chi connectivity index (χ0v) is 13.6. The summed E-state index contributed by atoms with van der Waals surface area (Å²) < 4.78 is 0. The molecule has 0 aliphatic carbocycles. The van der Waals surface area contributed by atoms with Crippen LogP contribution in [0.2, 0.25) is 0 Å². The number of hydrogen-bond donors (Lipinski definition) is 0. The Morgan fingerprint density at radius 2 is 1.20 bits per heavy atom. The van der Waals surface area contributed by atoms with Crippen molar-refractivity contribution in [3.05, 3.63) is 28.8 Å². The van der Waals surface area contributed by atoms with Gasteiger partial charge in [0, 0.05) is 0 Å². The minimum absolute atomic E-state index is 0.231. The highest BCUT2D eigenvalue weighted by molar-refractivity contribution is 6.87. The normalized spacial score (nSPS) is 10.8. The van der Waals surface area contributed by atoms with Crippen molar-refractivity contribution in [1.29, 1.82) is 0 Å². The van der Waals surface area contributed by atoms with E-state index in [1.165, 1.54) is 22.2 Å². The molecule has 104 valence electrons. The summed E-state index contributed by atoms with van der Waals surface area (Å²) in [5, 5.41) is 0. The van der Waals surface area contributed by atoms with Gasteiger partial charge in [-0.25, -0.2) is 0 Å². The van der Waals surface area contributed by atoms with Gasteiger partial charge in [0.25, 0.3) is 0 Å². The molecule has 0 aliphatic rings. The van der Waals surface area contributed by atoms with Crippen LogP contribution in [0.4, 0.5) is 0 Å². The van der Waals surface area contributed by atoms with Crippen LogP contribution < -0.4 is 5.46 Å². The fourth-order valence-electron chi connectivity index (χ4n) is 2.56. The summed E-state index contributed by atoms with van der Waals surface area (Å²) in [6.07, 6.45) is 11.3. The molecule has 0 saturated carbocycles. The molecule has 0 atom stereocenters. The van der Waals surface area contributed by atoms with E-state index in [4.69, 9.17) is 12.8 Å². The van der Waals surface area contributed by atoms with Crippen LogP contribution in [0.15, 0.2) is 12.1 Å². The molecule has 0 unspecified atom stereocenters. The van der Waals surface area contributed by atoms with Crippen molar-refractivity contribution < 1.29 is 0 Å². The number of hydrogen-bond acceptors (Lipinski definition) is 0. The quantitative estimate of drug-likeness (QED) is 0.567. The lowest BCUT2D eigenvalue weighted by Gasteiger charge is -2.23. The third kappa shape index (κ3) is 3.29. The molecule has 0 bridgehead atoms. The molecule has 0 amide bonds. The molecular weight excluding hydrogens is 239 g/mol. The SMILES string of the molecule is C#CB(C#C)c1c(C(C)C)cc(C(C)C)cc1C(C)C. The van der Waals surface area contributed by atoms with Crippen LogP contribution in [0.25, 0.3) is 0 Å². The Balaban J connectivity index is 3.70. The number of rotatable bonds is 4. The molecule has 0 nitrogen and oxygen atoms in total. The van der Waals surface area contributed by atoms with Gasteiger partial charge < -0.3 is 0 Å². The van der Waals surface area contributed by atoms with Gasteiger partial charge in [-0.05, 0) is 39.9 Å². The van der Waals surface area contributed by atoms with Crippen LogP contribution in [0, 0.1) is 24.5 Å². The van der Waals surface area contributed by atoms with Crippen molar-refractivity contribution in [3.63, 3.8) is 0 Å². The van der Waals surface area contributed by atoms with Gasteiger partial charge in [0.15, 0.2) is 0 Å². The lowest BCUT2D eigenvalue weighted by molar-refractivity contribution is 0.812. The Bertz CT molecular complexity index is 507. The third-order valence-corrected chi connectivity index (χ3v) is 3.80. The van der Waals surface area contributed by atoms with E-state index in [9.17, 15) is 0 Å². The first-order valence-corrected chi connectivity index (χ1v) is 7.43. The largest absolute Gasteiger partial charge is 0.346 e. The minimum Gasteiger partial charge on any atom is -0.134 e. The van der Waals surface area contributed by atoms with E-state index in [2.05, 4.69) is 65.3 Å². The van der Waals surface area contributed by atoms with Crippen LogP contribution in [-0.2, 0) is 0 Å². The van der Waals surface area contributed by atoms with Gasteiger partial charge in [0.2, 0.25) is 0 Å². The van der Waals surface area contributed by atoms with E-state index >= 15 is 0 Å². The van der Waals surface area contributed by atoms with Gasteiger partial charge >= 0.3 is 6.71 Å². The fraction of sp³-hybridized carbons (Fsp3) is 0.474. The van der Waals surface area contributed by atoms with E-state index in [-0.39, 0.29) is 6.71 Å². The van der Waals surface area contributed by atoms with Gasteiger partial charge in [-0.1, -0.05) is 53.7 Å². The van der Waals surface area contributed by atoms with Crippen molar-refractivity contribution >= 4 is 12.2 Å². The summed E-state index contributed by atoms with van der Waals surface area (Å²) in [6.45, 7) is 13.0. The summed E-state index contributed by atoms with van der Waals surface area (Å²) in [5.41, 5.74) is 5.17. The van der Waals surface area contributed by atoms with Gasteiger partial charge in [-0.2, -0.15) is 0 Å². The van der Waals surface area contributed by atoms with Crippen molar-refractivity contribution in [2.24, 2.45) is 0 Å². The summed E-state index contributed by atoms with van der Waals surface area (Å²) in [5.74, 6) is 6.89. The third-order valence-electron chi connectivity index (χ3n) is 3.80. The molecule has 0 aliphatic heterocycles. The maximum absolute atomic E-state index is 5.66. The molecule has 1 aromatic rings. The minimum atomic E-state index is -0.231. The molecule has 1 aromatic carbocycles. The zero-order valence-electron chi connectivity index (χ0n) is 13.6. The fourth-order valence-corrected chi connectivity index (χ4v) is 2.56. The van der Waals surface area contributed by atoms with Gasteiger partial charge in [0.05, 0.1) is 0 Å². The molecule has 0 N–H and O–H groups in total. The Kier molecular flexibility index (Phi) is 5.53. The molecule has 1 rings (SSSR count). The van der Waals surface area contributed by atoms with Gasteiger partial charge in [-0.15, -0.1) is 24.5 Å². The molecule has 0 aromatic heterocycles. The van der Waals surface area contributed by atoms with E-state index in [1.54, 1.807) is 0 Å².